The van der Waals surface area contributed by atoms with Gasteiger partial charge in [0.15, 0.2) is 5.82 Å². The third-order valence-corrected chi connectivity index (χ3v) is 6.54. The van der Waals surface area contributed by atoms with E-state index in [1.165, 1.54) is 37.0 Å². The number of pyridine rings is 1. The van der Waals surface area contributed by atoms with Gasteiger partial charge in [0.05, 0.1) is 11.7 Å². The fraction of sp³-hybridized carbons (Fsp3) is 0.333. The Morgan fingerprint density at radius 3 is 2.26 bits per heavy atom. The highest BCUT2D eigenvalue weighted by atomic mass is 19.1. The lowest BCUT2D eigenvalue weighted by atomic mass is 9.95. The van der Waals surface area contributed by atoms with Crippen molar-refractivity contribution in [3.05, 3.63) is 107 Å². The van der Waals surface area contributed by atoms with Crippen LogP contribution in [0, 0.1) is 5.82 Å². The van der Waals surface area contributed by atoms with E-state index < -0.39 is 0 Å². The van der Waals surface area contributed by atoms with Crippen LogP contribution in [-0.4, -0.2) is 30.1 Å². The van der Waals surface area contributed by atoms with Gasteiger partial charge in [-0.2, -0.15) is 0 Å². The van der Waals surface area contributed by atoms with Gasteiger partial charge in [0.1, 0.15) is 11.9 Å². The first kappa shape index (κ1) is 22.3. The van der Waals surface area contributed by atoms with Gasteiger partial charge in [0.2, 0.25) is 0 Å². The van der Waals surface area contributed by atoms with Crippen molar-refractivity contribution in [1.82, 2.24) is 30.1 Å². The molecule has 0 unspecified atom stereocenters. The molecule has 0 N–H and O–H groups in total. The molecule has 2 heterocycles. The summed E-state index contributed by atoms with van der Waals surface area (Å²) in [6.07, 6.45) is 7.65. The summed E-state index contributed by atoms with van der Waals surface area (Å²) in [6, 6.07) is 23.1. The molecule has 0 bridgehead atoms. The third kappa shape index (κ3) is 5.20. The van der Waals surface area contributed by atoms with E-state index in [1.54, 1.807) is 0 Å². The van der Waals surface area contributed by atoms with Gasteiger partial charge in [-0.15, -0.1) is 5.10 Å². The maximum absolute atomic E-state index is 13.6. The molecule has 7 heteroatoms. The molecule has 0 radical (unpaired) electrons. The number of benzene rings is 2. The third-order valence-electron chi connectivity index (χ3n) is 6.54. The van der Waals surface area contributed by atoms with Crippen LogP contribution in [0.3, 0.4) is 0 Å². The Labute approximate surface area is 199 Å². The highest BCUT2D eigenvalue weighted by molar-refractivity contribution is 5.23. The summed E-state index contributed by atoms with van der Waals surface area (Å²) in [5, 5.41) is 13.1. The SMILES string of the molecule is Fc1ccc(CN(Cc2ccccc2)[C@@H](c2ccccn2)c2nnnn2C2CCCCC2)cc1. The van der Waals surface area contributed by atoms with Crippen LogP contribution in [-0.2, 0) is 13.1 Å². The number of nitrogens with zero attached hydrogens (tertiary/aromatic N) is 6. The van der Waals surface area contributed by atoms with Crippen LogP contribution < -0.4 is 0 Å². The van der Waals surface area contributed by atoms with E-state index in [-0.39, 0.29) is 11.9 Å². The van der Waals surface area contributed by atoms with Gasteiger partial charge in [-0.25, -0.2) is 9.07 Å². The van der Waals surface area contributed by atoms with Crippen molar-refractivity contribution in [3.63, 3.8) is 0 Å². The molecule has 0 aliphatic heterocycles. The first-order valence-corrected chi connectivity index (χ1v) is 12.0. The highest BCUT2D eigenvalue weighted by Gasteiger charge is 2.32. The number of halogens is 1. The van der Waals surface area contributed by atoms with Crippen molar-refractivity contribution in [2.45, 2.75) is 57.3 Å². The number of tetrazole rings is 1. The van der Waals surface area contributed by atoms with Gasteiger partial charge in [0, 0.05) is 19.3 Å². The van der Waals surface area contributed by atoms with Gasteiger partial charge in [-0.3, -0.25) is 9.88 Å². The zero-order valence-corrected chi connectivity index (χ0v) is 19.2. The summed E-state index contributed by atoms with van der Waals surface area (Å²) < 4.78 is 15.7. The highest BCUT2D eigenvalue weighted by Crippen LogP contribution is 2.34. The topological polar surface area (TPSA) is 59.7 Å². The monoisotopic (exact) mass is 456 g/mol. The molecule has 0 saturated heterocycles. The number of hydrogen-bond donors (Lipinski definition) is 0. The molecule has 34 heavy (non-hydrogen) atoms. The van der Waals surface area contributed by atoms with Crippen LogP contribution in [0.2, 0.25) is 0 Å². The van der Waals surface area contributed by atoms with Crippen molar-refractivity contribution in [3.8, 4) is 0 Å². The minimum Gasteiger partial charge on any atom is -0.280 e. The first-order valence-electron chi connectivity index (χ1n) is 12.0. The minimum atomic E-state index is -0.247. The number of hydrogen-bond acceptors (Lipinski definition) is 5. The minimum absolute atomic E-state index is 0.235. The summed E-state index contributed by atoms with van der Waals surface area (Å²) >= 11 is 0. The molecule has 1 atom stereocenters. The molecule has 0 amide bonds. The Morgan fingerprint density at radius 1 is 0.853 bits per heavy atom. The Balaban J connectivity index is 1.57. The number of aromatic nitrogens is 5. The Kier molecular flexibility index (Phi) is 7.00. The zero-order valence-electron chi connectivity index (χ0n) is 19.2. The second-order valence-corrected chi connectivity index (χ2v) is 8.95. The molecule has 6 nitrogen and oxygen atoms in total. The predicted molar refractivity (Wildman–Crippen MR) is 128 cm³/mol. The van der Waals surface area contributed by atoms with E-state index in [4.69, 9.17) is 4.98 Å². The maximum atomic E-state index is 13.6. The Hall–Kier alpha value is -3.45. The van der Waals surface area contributed by atoms with Crippen LogP contribution in [0.4, 0.5) is 4.39 Å². The van der Waals surface area contributed by atoms with Gasteiger partial charge in [0.25, 0.3) is 0 Å². The van der Waals surface area contributed by atoms with E-state index in [0.29, 0.717) is 19.1 Å². The first-order chi connectivity index (χ1) is 16.8. The van der Waals surface area contributed by atoms with Crippen LogP contribution in [0.1, 0.15) is 66.8 Å². The summed E-state index contributed by atoms with van der Waals surface area (Å²) in [5.74, 6) is 0.574. The van der Waals surface area contributed by atoms with Gasteiger partial charge < -0.3 is 0 Å². The lowest BCUT2D eigenvalue weighted by Gasteiger charge is -2.32. The lowest BCUT2D eigenvalue weighted by molar-refractivity contribution is 0.184. The molecule has 2 aromatic carbocycles. The van der Waals surface area contributed by atoms with Crippen molar-refractivity contribution >= 4 is 0 Å². The predicted octanol–water partition coefficient (Wildman–Crippen LogP) is 5.50. The fourth-order valence-electron chi connectivity index (χ4n) is 4.87. The van der Waals surface area contributed by atoms with Crippen molar-refractivity contribution in [2.24, 2.45) is 0 Å². The van der Waals surface area contributed by atoms with Crippen molar-refractivity contribution < 1.29 is 4.39 Å². The maximum Gasteiger partial charge on any atom is 0.174 e. The second kappa shape index (κ2) is 10.7. The molecule has 4 aromatic rings. The molecule has 5 rings (SSSR count). The molecular weight excluding hydrogens is 427 g/mol. The van der Waals surface area contributed by atoms with Gasteiger partial charge in [-0.1, -0.05) is 67.8 Å². The van der Waals surface area contributed by atoms with E-state index in [0.717, 1.165) is 29.9 Å². The zero-order chi connectivity index (χ0) is 23.2. The normalized spacial score (nSPS) is 15.5. The lowest BCUT2D eigenvalue weighted by Crippen LogP contribution is -2.33. The average molecular weight is 457 g/mol. The van der Waals surface area contributed by atoms with Crippen molar-refractivity contribution in [2.75, 3.05) is 0 Å². The molecule has 1 saturated carbocycles. The van der Waals surface area contributed by atoms with Crippen LogP contribution in [0.15, 0.2) is 79.0 Å². The summed E-state index contributed by atoms with van der Waals surface area (Å²) in [5.41, 5.74) is 3.10. The summed E-state index contributed by atoms with van der Waals surface area (Å²) in [4.78, 5) is 7.06. The smallest absolute Gasteiger partial charge is 0.174 e. The van der Waals surface area contributed by atoms with Crippen LogP contribution in [0.25, 0.3) is 0 Å². The number of rotatable bonds is 8. The van der Waals surface area contributed by atoms with Crippen molar-refractivity contribution in [1.29, 1.82) is 0 Å². The van der Waals surface area contributed by atoms with E-state index >= 15 is 0 Å². The summed E-state index contributed by atoms with van der Waals surface area (Å²) in [6.45, 7) is 1.28. The Morgan fingerprint density at radius 2 is 1.56 bits per heavy atom. The quantitative estimate of drug-likeness (QED) is 0.350. The van der Waals surface area contributed by atoms with E-state index in [2.05, 4.69) is 32.6 Å². The molecule has 2 aromatic heterocycles. The second-order valence-electron chi connectivity index (χ2n) is 8.95. The largest absolute Gasteiger partial charge is 0.280 e. The molecule has 1 fully saturated rings. The van der Waals surface area contributed by atoms with E-state index in [9.17, 15) is 4.39 Å². The fourth-order valence-corrected chi connectivity index (χ4v) is 4.87. The Bertz CT molecular complexity index is 1160. The summed E-state index contributed by atoms with van der Waals surface area (Å²) in [7, 11) is 0. The average Bonchev–Trinajstić information content (AvgIpc) is 3.37. The van der Waals surface area contributed by atoms with Crippen LogP contribution in [0.5, 0.6) is 0 Å². The molecule has 1 aliphatic rings. The molecule has 0 spiro atoms. The molecule has 174 valence electrons. The molecule has 1 aliphatic carbocycles. The standard InChI is InChI=1S/C27H29FN6/c28-23-16-14-22(15-17-23)20-33(19-21-9-3-1-4-10-21)26(25-13-7-8-18-29-25)27-30-31-32-34(27)24-11-5-2-6-12-24/h1,3-4,7-10,13-18,24,26H,2,5-6,11-12,19-20H2/t26-/m0/s1. The van der Waals surface area contributed by atoms with Gasteiger partial charge in [-0.05, 0) is 58.7 Å². The van der Waals surface area contributed by atoms with Gasteiger partial charge >= 0.3 is 0 Å². The molecular formula is C27H29FN6. The van der Waals surface area contributed by atoms with E-state index in [1.807, 2.05) is 59.4 Å². The van der Waals surface area contributed by atoms with Crippen LogP contribution >= 0.6 is 0 Å².